The fraction of sp³-hybridized carbons (Fsp3) is 0.804. The lowest BCUT2D eigenvalue weighted by Gasteiger charge is -2.42. The summed E-state index contributed by atoms with van der Waals surface area (Å²) in [4.78, 5) is 13.0. The molecule has 0 bridgehead atoms. The first-order chi connectivity index (χ1) is 34.1. The predicted octanol–water partition coefficient (Wildman–Crippen LogP) is 8.91. The number of carbonyl (C=O) groups is 1. The number of hydrogen-bond donors (Lipinski definition) is 7. The van der Waals surface area contributed by atoms with Gasteiger partial charge in [-0.15, -0.1) is 0 Å². The minimum atomic E-state index is -1.71. The second-order valence-corrected chi connectivity index (χ2v) is 19.0. The van der Waals surface area contributed by atoms with Crippen LogP contribution in [-0.4, -0.2) is 142 Å². The number of aliphatic hydroxyl groups excluding tert-OH is 7. The highest BCUT2D eigenvalue weighted by molar-refractivity contribution is 5.69. The molecular formula is C56H98O14. The molecule has 2 rings (SSSR count). The molecule has 11 unspecified atom stereocenters. The van der Waals surface area contributed by atoms with Gasteiger partial charge in [-0.3, -0.25) is 4.79 Å². The Balaban J connectivity index is 1.75. The van der Waals surface area contributed by atoms with Gasteiger partial charge in [-0.25, -0.2) is 0 Å². The Morgan fingerprint density at radius 2 is 0.929 bits per heavy atom. The molecule has 2 aliphatic rings. The quantitative estimate of drug-likeness (QED) is 0.0173. The summed E-state index contributed by atoms with van der Waals surface area (Å²) < 4.78 is 34.3. The lowest BCUT2D eigenvalue weighted by molar-refractivity contribution is -0.332. The van der Waals surface area contributed by atoms with Crippen molar-refractivity contribution in [3.05, 3.63) is 60.8 Å². The van der Waals surface area contributed by atoms with Crippen molar-refractivity contribution < 1.29 is 69.0 Å². The average molecular weight is 995 g/mol. The fourth-order valence-electron chi connectivity index (χ4n) is 8.37. The minimum Gasteiger partial charge on any atom is -0.457 e. The van der Waals surface area contributed by atoms with Crippen molar-refractivity contribution in [1.29, 1.82) is 0 Å². The molecule has 0 saturated carbocycles. The first-order valence-electron chi connectivity index (χ1n) is 27.4. The number of rotatable bonds is 43. The monoisotopic (exact) mass is 995 g/mol. The van der Waals surface area contributed by atoms with Crippen LogP contribution < -0.4 is 0 Å². The second kappa shape index (κ2) is 43.1. The van der Waals surface area contributed by atoms with E-state index in [9.17, 15) is 40.5 Å². The van der Waals surface area contributed by atoms with Crippen LogP contribution in [-0.2, 0) is 33.2 Å². The fourth-order valence-corrected chi connectivity index (χ4v) is 8.37. The van der Waals surface area contributed by atoms with Crippen molar-refractivity contribution in [3.8, 4) is 0 Å². The van der Waals surface area contributed by atoms with E-state index in [1.54, 1.807) is 0 Å². The van der Waals surface area contributed by atoms with Gasteiger partial charge in [0.1, 0.15) is 54.9 Å². The van der Waals surface area contributed by atoms with E-state index in [1.165, 1.54) is 77.0 Å². The van der Waals surface area contributed by atoms with Crippen LogP contribution in [0.3, 0.4) is 0 Å². The Labute approximate surface area is 422 Å². The molecule has 0 aliphatic carbocycles. The maximum absolute atomic E-state index is 13.0. The molecule has 0 aromatic heterocycles. The van der Waals surface area contributed by atoms with Crippen molar-refractivity contribution in [2.24, 2.45) is 0 Å². The number of carbonyl (C=O) groups excluding carboxylic acids is 1. The summed E-state index contributed by atoms with van der Waals surface area (Å²) in [5.74, 6) is -0.394. The number of hydrogen-bond acceptors (Lipinski definition) is 14. The molecule has 2 saturated heterocycles. The van der Waals surface area contributed by atoms with Crippen LogP contribution in [0.2, 0.25) is 0 Å². The lowest BCUT2D eigenvalue weighted by Crippen LogP contribution is -2.61. The van der Waals surface area contributed by atoms with Crippen molar-refractivity contribution >= 4 is 5.97 Å². The second-order valence-electron chi connectivity index (χ2n) is 19.0. The zero-order valence-electron chi connectivity index (χ0n) is 43.2. The van der Waals surface area contributed by atoms with E-state index in [1.807, 2.05) is 0 Å². The van der Waals surface area contributed by atoms with Crippen molar-refractivity contribution in [2.75, 3.05) is 33.0 Å². The van der Waals surface area contributed by atoms with Crippen LogP contribution >= 0.6 is 0 Å². The Kier molecular flexibility index (Phi) is 39.3. The molecule has 0 radical (unpaired) electrons. The van der Waals surface area contributed by atoms with Gasteiger partial charge in [0.25, 0.3) is 0 Å². The highest BCUT2D eigenvalue weighted by Crippen LogP contribution is 2.26. The Hall–Kier alpha value is -2.31. The molecule has 70 heavy (non-hydrogen) atoms. The molecule has 7 N–H and O–H groups in total. The molecule has 2 fully saturated rings. The highest BCUT2D eigenvalue weighted by atomic mass is 16.7. The number of ether oxygens (including phenoxy) is 6. The zero-order chi connectivity index (χ0) is 50.9. The topological polar surface area (TPSA) is 214 Å². The van der Waals surface area contributed by atoms with Crippen LogP contribution in [0, 0.1) is 0 Å². The van der Waals surface area contributed by atoms with Gasteiger partial charge in [-0.1, -0.05) is 184 Å². The summed E-state index contributed by atoms with van der Waals surface area (Å²) in [7, 11) is 0. The van der Waals surface area contributed by atoms with Gasteiger partial charge in [0.2, 0.25) is 0 Å². The Morgan fingerprint density at radius 1 is 0.486 bits per heavy atom. The van der Waals surface area contributed by atoms with Crippen LogP contribution in [0.5, 0.6) is 0 Å². The lowest BCUT2D eigenvalue weighted by atomic mass is 9.98. The zero-order valence-corrected chi connectivity index (χ0v) is 43.2. The molecule has 2 heterocycles. The van der Waals surface area contributed by atoms with Crippen LogP contribution in [0.1, 0.15) is 187 Å². The summed E-state index contributed by atoms with van der Waals surface area (Å²) in [6.45, 7) is 3.56. The maximum Gasteiger partial charge on any atom is 0.306 e. The predicted molar refractivity (Wildman–Crippen MR) is 275 cm³/mol. The molecule has 0 spiro atoms. The Bertz CT molecular complexity index is 1390. The molecule has 11 atom stereocenters. The van der Waals surface area contributed by atoms with Crippen molar-refractivity contribution in [1.82, 2.24) is 0 Å². The maximum atomic E-state index is 13.0. The highest BCUT2D eigenvalue weighted by Gasteiger charge is 2.47. The standard InChI is InChI=1S/C56H98O14/c1-3-5-7-9-11-13-15-17-19-20-21-22-23-24-25-27-29-31-33-35-37-39-48(58)68-45(42-65-40-38-36-34-32-30-28-26-18-16-14-12-10-8-6-4-2)43-66-55-54(64)52(62)50(60)47(70-55)44-67-56-53(63)51(61)49(59)46(41-57)69-56/h5,7,11,13,17,19,21-22,24-25,45-47,49-57,59-64H,3-4,6,8-10,12,14-16,18,20,23,26-44H2,1-2H3/b7-5-,13-11-,19-17-,22-21-,25-24-. The molecule has 2 aliphatic heterocycles. The van der Waals surface area contributed by atoms with Gasteiger partial charge in [0.15, 0.2) is 12.6 Å². The van der Waals surface area contributed by atoms with E-state index in [0.717, 1.165) is 83.5 Å². The van der Waals surface area contributed by atoms with E-state index in [-0.39, 0.29) is 19.6 Å². The van der Waals surface area contributed by atoms with E-state index in [0.29, 0.717) is 13.0 Å². The Morgan fingerprint density at radius 3 is 1.46 bits per heavy atom. The van der Waals surface area contributed by atoms with Crippen molar-refractivity contribution in [2.45, 2.75) is 255 Å². The largest absolute Gasteiger partial charge is 0.457 e. The summed E-state index contributed by atoms with van der Waals surface area (Å²) >= 11 is 0. The molecule has 406 valence electrons. The van der Waals surface area contributed by atoms with Gasteiger partial charge in [0, 0.05) is 13.0 Å². The van der Waals surface area contributed by atoms with Crippen LogP contribution in [0.15, 0.2) is 60.8 Å². The molecule has 14 heteroatoms. The van der Waals surface area contributed by atoms with E-state index >= 15 is 0 Å². The number of allylic oxidation sites excluding steroid dienone is 10. The molecule has 0 aromatic rings. The van der Waals surface area contributed by atoms with Crippen molar-refractivity contribution in [3.63, 3.8) is 0 Å². The third kappa shape index (κ3) is 30.0. The summed E-state index contributed by atoms with van der Waals surface area (Å²) in [5, 5.41) is 72.2. The van der Waals surface area contributed by atoms with Gasteiger partial charge >= 0.3 is 5.97 Å². The first kappa shape index (κ1) is 63.8. The normalized spacial score (nSPS) is 26.0. The molecule has 0 amide bonds. The summed E-state index contributed by atoms with van der Waals surface area (Å²) in [6, 6.07) is 0. The molecule has 14 nitrogen and oxygen atoms in total. The van der Waals surface area contributed by atoms with Gasteiger partial charge in [0.05, 0.1) is 26.4 Å². The van der Waals surface area contributed by atoms with Gasteiger partial charge < -0.3 is 64.2 Å². The number of unbranched alkanes of at least 4 members (excludes halogenated alkanes) is 19. The number of esters is 1. The summed E-state index contributed by atoms with van der Waals surface area (Å²) in [6.07, 6.45) is 35.6. The van der Waals surface area contributed by atoms with Gasteiger partial charge in [-0.2, -0.15) is 0 Å². The van der Waals surface area contributed by atoms with E-state index < -0.39 is 86.7 Å². The van der Waals surface area contributed by atoms with Crippen LogP contribution in [0.4, 0.5) is 0 Å². The molecular weight excluding hydrogens is 897 g/mol. The number of aliphatic hydroxyl groups is 7. The van der Waals surface area contributed by atoms with Crippen LogP contribution in [0.25, 0.3) is 0 Å². The van der Waals surface area contributed by atoms with E-state index in [2.05, 4.69) is 74.6 Å². The third-order valence-electron chi connectivity index (χ3n) is 12.8. The SMILES string of the molecule is CC/C=C\C/C=C\C/C=C\C/C=C\C/C=C\CCCCCCCC(=O)OC(COCCCCCCCCCCCCCCCCC)COC1OC(COC2OC(CO)C(O)C(O)C2O)C(O)C(O)C1O. The smallest absolute Gasteiger partial charge is 0.306 e. The summed E-state index contributed by atoms with van der Waals surface area (Å²) in [5.41, 5.74) is 0. The van der Waals surface area contributed by atoms with Gasteiger partial charge in [-0.05, 0) is 57.8 Å². The molecule has 0 aromatic carbocycles. The third-order valence-corrected chi connectivity index (χ3v) is 12.8. The minimum absolute atomic E-state index is 0.0534. The first-order valence-corrected chi connectivity index (χ1v) is 27.4. The van der Waals surface area contributed by atoms with E-state index in [4.69, 9.17) is 28.4 Å². The average Bonchev–Trinajstić information content (AvgIpc) is 3.36.